The molecule has 1 fully saturated rings. The van der Waals surface area contributed by atoms with Crippen LogP contribution in [0.25, 0.3) is 0 Å². The van der Waals surface area contributed by atoms with Crippen molar-refractivity contribution in [3.05, 3.63) is 22.7 Å². The molecule has 1 aromatic carbocycles. The van der Waals surface area contributed by atoms with Gasteiger partial charge in [-0.05, 0) is 37.1 Å². The Bertz CT molecular complexity index is 605. The fourth-order valence-corrected chi connectivity index (χ4v) is 3.43. The Balaban J connectivity index is 1.39. The number of nitrogens with zero attached hydrogens (tertiary/aromatic N) is 1. The van der Waals surface area contributed by atoms with Gasteiger partial charge >= 0.3 is 0 Å². The summed E-state index contributed by atoms with van der Waals surface area (Å²) in [5.41, 5.74) is 0.838. The molecule has 1 aromatic rings. The molecule has 2 aliphatic rings. The molecule has 0 aliphatic carbocycles. The van der Waals surface area contributed by atoms with E-state index in [1.165, 1.54) is 0 Å². The molecule has 3 rings (SSSR count). The highest BCUT2D eigenvalue weighted by atomic mass is 35.5. The average molecular weight is 383 g/mol. The van der Waals surface area contributed by atoms with Crippen molar-refractivity contribution in [1.82, 2.24) is 10.2 Å². The van der Waals surface area contributed by atoms with E-state index in [0.717, 1.165) is 57.7 Å². The van der Waals surface area contributed by atoms with E-state index < -0.39 is 0 Å². The van der Waals surface area contributed by atoms with Gasteiger partial charge in [-0.2, -0.15) is 0 Å². The van der Waals surface area contributed by atoms with Gasteiger partial charge in [-0.15, -0.1) is 0 Å². The van der Waals surface area contributed by atoms with Crippen LogP contribution in [-0.4, -0.2) is 63.4 Å². The van der Waals surface area contributed by atoms with Crippen LogP contribution in [0.2, 0.25) is 5.02 Å². The van der Waals surface area contributed by atoms with Crippen LogP contribution in [-0.2, 0) is 16.0 Å². The van der Waals surface area contributed by atoms with E-state index in [-0.39, 0.29) is 5.91 Å². The van der Waals surface area contributed by atoms with E-state index in [0.29, 0.717) is 42.7 Å². The molecule has 0 radical (unpaired) electrons. The minimum atomic E-state index is 0.00179. The van der Waals surface area contributed by atoms with Gasteiger partial charge in [-0.25, -0.2) is 0 Å². The van der Waals surface area contributed by atoms with Crippen LogP contribution in [0.5, 0.6) is 11.5 Å². The third-order valence-corrected chi connectivity index (χ3v) is 4.83. The lowest BCUT2D eigenvalue weighted by Gasteiger charge is -2.26. The Kier molecular flexibility index (Phi) is 7.41. The molecular formula is C19H27ClN2O4. The number of nitrogens with one attached hydrogen (secondary N) is 1. The van der Waals surface area contributed by atoms with Gasteiger partial charge in [0.05, 0.1) is 37.9 Å². The van der Waals surface area contributed by atoms with Gasteiger partial charge in [0.25, 0.3) is 0 Å². The molecule has 144 valence electrons. The summed E-state index contributed by atoms with van der Waals surface area (Å²) in [6.45, 7) is 6.63. The molecular weight excluding hydrogens is 356 g/mol. The van der Waals surface area contributed by atoms with E-state index in [9.17, 15) is 4.79 Å². The minimum Gasteiger partial charge on any atom is -0.489 e. The molecule has 0 spiro atoms. The summed E-state index contributed by atoms with van der Waals surface area (Å²) in [6, 6.07) is 3.64. The summed E-state index contributed by atoms with van der Waals surface area (Å²) in [5, 5.41) is 3.48. The van der Waals surface area contributed by atoms with Crippen molar-refractivity contribution in [2.45, 2.75) is 25.7 Å². The first-order chi connectivity index (χ1) is 12.7. The van der Waals surface area contributed by atoms with Crippen LogP contribution in [0.3, 0.4) is 0 Å². The van der Waals surface area contributed by atoms with E-state index in [1.807, 2.05) is 6.07 Å². The maximum Gasteiger partial charge on any atom is 0.224 e. The van der Waals surface area contributed by atoms with Crippen molar-refractivity contribution in [2.24, 2.45) is 0 Å². The normalized spacial score (nSPS) is 17.6. The minimum absolute atomic E-state index is 0.00179. The van der Waals surface area contributed by atoms with Crippen molar-refractivity contribution in [2.75, 3.05) is 52.6 Å². The number of carbonyl (C=O) groups excluding carboxylic acids is 1. The maximum atomic E-state index is 12.2. The lowest BCUT2D eigenvalue weighted by Crippen LogP contribution is -2.37. The highest BCUT2D eigenvalue weighted by molar-refractivity contribution is 6.32. The molecule has 1 amide bonds. The molecule has 0 atom stereocenters. The Hall–Kier alpha value is -1.50. The lowest BCUT2D eigenvalue weighted by molar-refractivity contribution is -0.120. The first-order valence-electron chi connectivity index (χ1n) is 9.37. The van der Waals surface area contributed by atoms with Crippen molar-refractivity contribution < 1.29 is 19.0 Å². The predicted molar refractivity (Wildman–Crippen MR) is 100 cm³/mol. The van der Waals surface area contributed by atoms with Crippen molar-refractivity contribution >= 4 is 17.5 Å². The van der Waals surface area contributed by atoms with E-state index in [1.54, 1.807) is 6.07 Å². The molecule has 0 unspecified atom stereocenters. The molecule has 0 bridgehead atoms. The van der Waals surface area contributed by atoms with Crippen LogP contribution < -0.4 is 14.8 Å². The molecule has 1 saturated heterocycles. The third kappa shape index (κ3) is 5.76. The predicted octanol–water partition coefficient (Wildman–Crippen LogP) is 2.27. The zero-order chi connectivity index (χ0) is 18.2. The smallest absolute Gasteiger partial charge is 0.224 e. The van der Waals surface area contributed by atoms with E-state index in [4.69, 9.17) is 25.8 Å². The first-order valence-corrected chi connectivity index (χ1v) is 9.75. The largest absolute Gasteiger partial charge is 0.489 e. The number of hydrogen-bond acceptors (Lipinski definition) is 5. The average Bonchev–Trinajstić information content (AvgIpc) is 2.88. The maximum absolute atomic E-state index is 12.2. The van der Waals surface area contributed by atoms with E-state index >= 15 is 0 Å². The number of morpholine rings is 1. The second kappa shape index (κ2) is 10.00. The van der Waals surface area contributed by atoms with Crippen molar-refractivity contribution in [3.8, 4) is 11.5 Å². The number of benzene rings is 1. The Morgan fingerprint density at radius 1 is 1.12 bits per heavy atom. The topological polar surface area (TPSA) is 60.0 Å². The fourth-order valence-electron chi connectivity index (χ4n) is 3.15. The number of ether oxygens (including phenoxy) is 3. The summed E-state index contributed by atoms with van der Waals surface area (Å²) >= 11 is 6.27. The van der Waals surface area contributed by atoms with Crippen LogP contribution in [0.4, 0.5) is 0 Å². The summed E-state index contributed by atoms with van der Waals surface area (Å²) in [6.07, 6.45) is 3.17. The van der Waals surface area contributed by atoms with Gasteiger partial charge in [0.2, 0.25) is 5.91 Å². The van der Waals surface area contributed by atoms with Gasteiger partial charge in [0.1, 0.15) is 0 Å². The second-order valence-corrected chi connectivity index (χ2v) is 7.05. The van der Waals surface area contributed by atoms with Crippen molar-refractivity contribution in [3.63, 3.8) is 0 Å². The number of rotatable bonds is 7. The van der Waals surface area contributed by atoms with Gasteiger partial charge < -0.3 is 19.5 Å². The summed E-state index contributed by atoms with van der Waals surface area (Å²) < 4.78 is 16.6. The zero-order valence-corrected chi connectivity index (χ0v) is 15.9. The van der Waals surface area contributed by atoms with Gasteiger partial charge in [0, 0.05) is 26.1 Å². The highest BCUT2D eigenvalue weighted by Gasteiger charge is 2.16. The van der Waals surface area contributed by atoms with Gasteiger partial charge in [-0.3, -0.25) is 9.69 Å². The van der Waals surface area contributed by atoms with Crippen LogP contribution in [0.15, 0.2) is 12.1 Å². The number of unbranched alkanes of at least 4 members (excludes halogenated alkanes) is 1. The number of carbonyl (C=O) groups is 1. The molecule has 26 heavy (non-hydrogen) atoms. The number of amides is 1. The standard InChI is InChI=1S/C19H27ClN2O4/c20-16-12-15(13-17-19(16)26-9-3-8-25-17)14-18(23)21-4-1-2-5-22-6-10-24-11-7-22/h12-13H,1-11,14H2,(H,21,23). The Morgan fingerprint density at radius 3 is 2.77 bits per heavy atom. The summed E-state index contributed by atoms with van der Waals surface area (Å²) in [5.74, 6) is 1.21. The van der Waals surface area contributed by atoms with Crippen LogP contribution in [0.1, 0.15) is 24.8 Å². The molecule has 0 saturated carbocycles. The van der Waals surface area contributed by atoms with Crippen LogP contribution in [0, 0.1) is 0 Å². The zero-order valence-electron chi connectivity index (χ0n) is 15.1. The molecule has 6 nitrogen and oxygen atoms in total. The first kappa shape index (κ1) is 19.3. The van der Waals surface area contributed by atoms with Gasteiger partial charge in [0.15, 0.2) is 11.5 Å². The molecule has 1 N–H and O–H groups in total. The Labute approximate surface area is 159 Å². The quantitative estimate of drug-likeness (QED) is 0.733. The number of halogens is 1. The summed E-state index contributed by atoms with van der Waals surface area (Å²) in [4.78, 5) is 14.6. The molecule has 7 heteroatoms. The van der Waals surface area contributed by atoms with Crippen molar-refractivity contribution in [1.29, 1.82) is 0 Å². The number of fused-ring (bicyclic) bond motifs is 1. The number of hydrogen-bond donors (Lipinski definition) is 1. The highest BCUT2D eigenvalue weighted by Crippen LogP contribution is 2.38. The summed E-state index contributed by atoms with van der Waals surface area (Å²) in [7, 11) is 0. The third-order valence-electron chi connectivity index (χ3n) is 4.55. The monoisotopic (exact) mass is 382 g/mol. The Morgan fingerprint density at radius 2 is 1.92 bits per heavy atom. The fraction of sp³-hybridized carbons (Fsp3) is 0.632. The molecule has 2 heterocycles. The van der Waals surface area contributed by atoms with Crippen LogP contribution >= 0.6 is 11.6 Å². The second-order valence-electron chi connectivity index (χ2n) is 6.64. The SMILES string of the molecule is O=C(Cc1cc(Cl)c2c(c1)OCCCO2)NCCCCN1CCOCC1. The lowest BCUT2D eigenvalue weighted by atomic mass is 10.1. The van der Waals surface area contributed by atoms with E-state index in [2.05, 4.69) is 10.2 Å². The van der Waals surface area contributed by atoms with Gasteiger partial charge in [-0.1, -0.05) is 11.6 Å². The molecule has 2 aliphatic heterocycles. The molecule has 0 aromatic heterocycles.